The summed E-state index contributed by atoms with van der Waals surface area (Å²) in [7, 11) is 0. The zero-order valence-electron chi connectivity index (χ0n) is 19.3. The number of rotatable bonds is 15. The Bertz CT molecular complexity index is 824. The van der Waals surface area contributed by atoms with Gasteiger partial charge in [-0.25, -0.2) is 0 Å². The molecule has 0 aliphatic rings. The van der Waals surface area contributed by atoms with E-state index in [4.69, 9.17) is 9.47 Å². The van der Waals surface area contributed by atoms with Gasteiger partial charge >= 0.3 is 11.9 Å². The zero-order valence-corrected chi connectivity index (χ0v) is 19.3. The van der Waals surface area contributed by atoms with Crippen LogP contribution in [0.4, 0.5) is 0 Å². The first-order chi connectivity index (χ1) is 15.5. The normalized spacial score (nSPS) is 10.7. The first-order valence-corrected chi connectivity index (χ1v) is 11.5. The van der Waals surface area contributed by atoms with Crippen LogP contribution in [0.3, 0.4) is 0 Å². The van der Waals surface area contributed by atoms with Crippen molar-refractivity contribution in [3.8, 4) is 11.5 Å². The molecule has 6 heteroatoms. The molecule has 2 aromatic carbocycles. The van der Waals surface area contributed by atoms with Gasteiger partial charge in [0.1, 0.15) is 0 Å². The second kappa shape index (κ2) is 15.2. The van der Waals surface area contributed by atoms with Crippen molar-refractivity contribution < 1.29 is 19.1 Å². The summed E-state index contributed by atoms with van der Waals surface area (Å²) in [4.78, 5) is 22.5. The minimum Gasteiger partial charge on any atom is -0.423 e. The molecule has 0 saturated heterocycles. The summed E-state index contributed by atoms with van der Waals surface area (Å²) >= 11 is 0. The largest absolute Gasteiger partial charge is 0.423 e. The second-order valence-corrected chi connectivity index (χ2v) is 7.87. The molecular formula is C26H36N2O4. The molecule has 0 aliphatic heterocycles. The summed E-state index contributed by atoms with van der Waals surface area (Å²) in [6.07, 6.45) is 6.72. The van der Waals surface area contributed by atoms with Crippen LogP contribution in [-0.4, -0.2) is 38.1 Å². The molecule has 0 saturated carbocycles. The Morgan fingerprint density at radius 1 is 0.656 bits per heavy atom. The number of carbonyl (C=O) groups is 2. The van der Waals surface area contributed by atoms with Crippen molar-refractivity contribution in [2.75, 3.05) is 26.2 Å². The topological polar surface area (TPSA) is 76.7 Å². The van der Waals surface area contributed by atoms with Gasteiger partial charge in [0.25, 0.3) is 0 Å². The van der Waals surface area contributed by atoms with Crippen molar-refractivity contribution >= 4 is 11.9 Å². The highest BCUT2D eigenvalue weighted by molar-refractivity contribution is 5.73. The van der Waals surface area contributed by atoms with E-state index < -0.39 is 11.9 Å². The first kappa shape index (κ1) is 25.6. The number of benzene rings is 2. The maximum Gasteiger partial charge on any atom is 0.308 e. The first-order valence-electron chi connectivity index (χ1n) is 11.5. The van der Waals surface area contributed by atoms with Crippen LogP contribution in [0.1, 0.15) is 50.7 Å². The lowest BCUT2D eigenvalue weighted by molar-refractivity contribution is -0.134. The third-order valence-corrected chi connectivity index (χ3v) is 5.00. The summed E-state index contributed by atoms with van der Waals surface area (Å²) in [5.41, 5.74) is 2.40. The van der Waals surface area contributed by atoms with E-state index in [0.29, 0.717) is 0 Å². The molecule has 0 unspecified atom stereocenters. The fourth-order valence-corrected chi connectivity index (χ4v) is 3.40. The standard InChI is InChI=1S/C26H36N2O4/c1-21(29)31-25-13-12-24(20-26(25)32-22(2)30)15-19-28-17-9-4-3-8-16-27-18-14-23-10-6-5-7-11-23/h5-7,10-13,20,27-28H,3-4,8-9,14-19H2,1-2H3. The summed E-state index contributed by atoms with van der Waals surface area (Å²) in [6, 6.07) is 15.9. The van der Waals surface area contributed by atoms with E-state index in [1.807, 2.05) is 6.07 Å². The smallest absolute Gasteiger partial charge is 0.308 e. The van der Waals surface area contributed by atoms with E-state index in [-0.39, 0.29) is 11.5 Å². The minimum absolute atomic E-state index is 0.263. The highest BCUT2D eigenvalue weighted by Gasteiger charge is 2.11. The van der Waals surface area contributed by atoms with Crippen molar-refractivity contribution in [3.05, 3.63) is 59.7 Å². The van der Waals surface area contributed by atoms with E-state index in [0.717, 1.165) is 51.0 Å². The number of esters is 2. The number of nitrogens with one attached hydrogen (secondary N) is 2. The highest BCUT2D eigenvalue weighted by atomic mass is 16.6. The zero-order chi connectivity index (χ0) is 23.0. The number of carbonyl (C=O) groups excluding carboxylic acids is 2. The molecule has 0 fully saturated rings. The predicted octanol–water partition coefficient (Wildman–Crippen LogP) is 4.06. The molecule has 2 aromatic rings. The number of hydrogen-bond acceptors (Lipinski definition) is 6. The minimum atomic E-state index is -0.448. The monoisotopic (exact) mass is 440 g/mol. The number of hydrogen-bond donors (Lipinski definition) is 2. The Hall–Kier alpha value is -2.70. The van der Waals surface area contributed by atoms with Gasteiger partial charge in [-0.3, -0.25) is 9.59 Å². The van der Waals surface area contributed by atoms with Gasteiger partial charge in [0.05, 0.1) is 0 Å². The maximum atomic E-state index is 11.3. The van der Waals surface area contributed by atoms with Gasteiger partial charge in [-0.2, -0.15) is 0 Å². The average Bonchev–Trinajstić information content (AvgIpc) is 2.76. The van der Waals surface area contributed by atoms with E-state index in [2.05, 4.69) is 41.0 Å². The lowest BCUT2D eigenvalue weighted by Crippen LogP contribution is -2.19. The molecule has 0 heterocycles. The number of unbranched alkanes of at least 4 members (excludes halogenated alkanes) is 3. The molecule has 2 N–H and O–H groups in total. The Morgan fingerprint density at radius 2 is 1.22 bits per heavy atom. The molecule has 32 heavy (non-hydrogen) atoms. The second-order valence-electron chi connectivity index (χ2n) is 7.87. The van der Waals surface area contributed by atoms with Gasteiger partial charge < -0.3 is 20.1 Å². The third kappa shape index (κ3) is 11.1. The Kier molecular flexibility index (Phi) is 12.1. The molecule has 0 spiro atoms. The van der Waals surface area contributed by atoms with Gasteiger partial charge in [-0.05, 0) is 75.1 Å². The highest BCUT2D eigenvalue weighted by Crippen LogP contribution is 2.29. The predicted molar refractivity (Wildman–Crippen MR) is 127 cm³/mol. The molecule has 6 nitrogen and oxygen atoms in total. The molecule has 0 bridgehead atoms. The van der Waals surface area contributed by atoms with Crippen molar-refractivity contribution in [2.45, 2.75) is 52.4 Å². The summed E-state index contributed by atoms with van der Waals surface area (Å²) in [6.45, 7) is 6.59. The van der Waals surface area contributed by atoms with Crippen LogP contribution in [0.2, 0.25) is 0 Å². The van der Waals surface area contributed by atoms with Crippen LogP contribution in [0.25, 0.3) is 0 Å². The van der Waals surface area contributed by atoms with Gasteiger partial charge in [0.15, 0.2) is 11.5 Å². The van der Waals surface area contributed by atoms with Crippen LogP contribution >= 0.6 is 0 Å². The summed E-state index contributed by atoms with van der Waals surface area (Å²) < 4.78 is 10.3. The molecule has 2 rings (SSSR count). The van der Waals surface area contributed by atoms with Gasteiger partial charge in [-0.1, -0.05) is 49.2 Å². The van der Waals surface area contributed by atoms with Crippen LogP contribution in [0, 0.1) is 0 Å². The van der Waals surface area contributed by atoms with Crippen molar-refractivity contribution in [2.24, 2.45) is 0 Å². The molecule has 0 radical (unpaired) electrons. The molecule has 0 atom stereocenters. The maximum absolute atomic E-state index is 11.3. The molecular weight excluding hydrogens is 404 g/mol. The van der Waals surface area contributed by atoms with Gasteiger partial charge in [-0.15, -0.1) is 0 Å². The lowest BCUT2D eigenvalue weighted by atomic mass is 10.1. The quantitative estimate of drug-likeness (QED) is 0.247. The van der Waals surface area contributed by atoms with E-state index in [9.17, 15) is 9.59 Å². The van der Waals surface area contributed by atoms with Gasteiger partial charge in [0, 0.05) is 13.8 Å². The van der Waals surface area contributed by atoms with Crippen molar-refractivity contribution in [1.82, 2.24) is 10.6 Å². The Balaban J connectivity index is 1.51. The van der Waals surface area contributed by atoms with Crippen molar-refractivity contribution in [1.29, 1.82) is 0 Å². The fourth-order valence-electron chi connectivity index (χ4n) is 3.40. The van der Waals surface area contributed by atoms with E-state index in [1.54, 1.807) is 12.1 Å². The van der Waals surface area contributed by atoms with Crippen LogP contribution in [0.15, 0.2) is 48.5 Å². The van der Waals surface area contributed by atoms with Crippen LogP contribution in [0.5, 0.6) is 11.5 Å². The molecule has 0 aromatic heterocycles. The van der Waals surface area contributed by atoms with Crippen LogP contribution < -0.4 is 20.1 Å². The van der Waals surface area contributed by atoms with Crippen LogP contribution in [-0.2, 0) is 22.4 Å². The molecule has 0 amide bonds. The summed E-state index contributed by atoms with van der Waals surface area (Å²) in [5.74, 6) is -0.350. The third-order valence-electron chi connectivity index (χ3n) is 5.00. The SMILES string of the molecule is CC(=O)Oc1ccc(CCNCCCCCCNCCc2ccccc2)cc1OC(C)=O. The van der Waals surface area contributed by atoms with Gasteiger partial charge in [0.2, 0.25) is 0 Å². The molecule has 0 aliphatic carbocycles. The average molecular weight is 441 g/mol. The Morgan fingerprint density at radius 3 is 1.81 bits per heavy atom. The fraction of sp³-hybridized carbons (Fsp3) is 0.462. The Labute approximate surface area is 191 Å². The number of ether oxygens (including phenoxy) is 2. The summed E-state index contributed by atoms with van der Waals surface area (Å²) in [5, 5.41) is 6.98. The molecule has 174 valence electrons. The van der Waals surface area contributed by atoms with Crippen molar-refractivity contribution in [3.63, 3.8) is 0 Å². The lowest BCUT2D eigenvalue weighted by Gasteiger charge is -2.11. The van der Waals surface area contributed by atoms with E-state index in [1.165, 1.54) is 38.7 Å². The van der Waals surface area contributed by atoms with E-state index >= 15 is 0 Å².